The molecule has 2 unspecified atom stereocenters. The average molecular weight is 421 g/mol. The van der Waals surface area contributed by atoms with Crippen LogP contribution in [0.5, 0.6) is 0 Å². The summed E-state index contributed by atoms with van der Waals surface area (Å²) in [6.45, 7) is 4.53. The molecule has 0 bridgehead atoms. The largest absolute Gasteiger partial charge is 0.453 e. The maximum absolute atomic E-state index is 14.2. The molecule has 4 aliphatic rings. The predicted octanol–water partition coefficient (Wildman–Crippen LogP) is 3.39. The summed E-state index contributed by atoms with van der Waals surface area (Å²) < 4.78 is 25.4. The number of Topliss-reactive ketones (excluding diaryl/α,β-unsaturated/α-hetero) is 1. The van der Waals surface area contributed by atoms with Gasteiger partial charge in [0.1, 0.15) is 11.9 Å². The van der Waals surface area contributed by atoms with Crippen LogP contribution in [0.25, 0.3) is 0 Å². The lowest BCUT2D eigenvalue weighted by Crippen LogP contribution is -2.47. The van der Waals surface area contributed by atoms with Gasteiger partial charge in [-0.15, -0.1) is 0 Å². The second-order valence-corrected chi connectivity index (χ2v) is 9.12. The summed E-state index contributed by atoms with van der Waals surface area (Å²) in [5, 5.41) is 9.82. The van der Waals surface area contributed by atoms with E-state index in [-0.39, 0.29) is 36.5 Å². The molecule has 5 rings (SSSR count). The van der Waals surface area contributed by atoms with Crippen molar-refractivity contribution >= 4 is 5.78 Å². The molecule has 1 aromatic carbocycles. The molecule has 2 atom stereocenters. The van der Waals surface area contributed by atoms with Gasteiger partial charge in [0, 0.05) is 30.2 Å². The normalized spacial score (nSPS) is 26.0. The van der Waals surface area contributed by atoms with Crippen molar-refractivity contribution in [1.29, 1.82) is 0 Å². The van der Waals surface area contributed by atoms with Gasteiger partial charge < -0.3 is 19.5 Å². The molecular formula is C25H24FNO4. The number of aliphatic hydroxyl groups excluding tert-OH is 1. The lowest BCUT2D eigenvalue weighted by atomic mass is 9.66. The Morgan fingerprint density at radius 1 is 1.29 bits per heavy atom. The van der Waals surface area contributed by atoms with Crippen LogP contribution in [0.4, 0.5) is 4.39 Å². The van der Waals surface area contributed by atoms with Crippen LogP contribution in [0, 0.1) is 23.1 Å². The molecule has 0 radical (unpaired) electrons. The van der Waals surface area contributed by atoms with E-state index in [0.29, 0.717) is 42.0 Å². The smallest absolute Gasteiger partial charge is 0.232 e. The van der Waals surface area contributed by atoms with Crippen LogP contribution >= 0.6 is 0 Å². The minimum atomic E-state index is -0.431. The minimum absolute atomic E-state index is 0.0535. The standard InChI is InChI=1S/C25H24FNO4/c1-25(2)12-19-24(20(29)13-25)23(15-4-3-5-16(26)10-15)17-11-22-21(30-14-31-22)7-6-18(17)27(19)8-9-28/h3-5,10-11,18,23,28H,8-9,12-14H2,1-2H3. The molecule has 2 heterocycles. The molecule has 5 nitrogen and oxygen atoms in total. The third-order valence-corrected chi connectivity index (χ3v) is 6.28. The number of aliphatic hydroxyl groups is 1. The van der Waals surface area contributed by atoms with Crippen molar-refractivity contribution in [3.63, 3.8) is 0 Å². The van der Waals surface area contributed by atoms with E-state index in [9.17, 15) is 14.3 Å². The maximum Gasteiger partial charge on any atom is 0.232 e. The van der Waals surface area contributed by atoms with Gasteiger partial charge in [0.15, 0.2) is 11.5 Å². The third kappa shape index (κ3) is 3.34. The van der Waals surface area contributed by atoms with Crippen LogP contribution in [0.15, 0.2) is 58.7 Å². The molecular weight excluding hydrogens is 397 g/mol. The first-order valence-electron chi connectivity index (χ1n) is 10.5. The minimum Gasteiger partial charge on any atom is -0.453 e. The van der Waals surface area contributed by atoms with E-state index < -0.39 is 5.92 Å². The second kappa shape index (κ2) is 7.28. The number of rotatable bonds is 3. The lowest BCUT2D eigenvalue weighted by Gasteiger charge is -2.47. The fraction of sp³-hybridized carbons (Fsp3) is 0.400. The summed E-state index contributed by atoms with van der Waals surface area (Å²) in [5.41, 5.74) is 2.91. The van der Waals surface area contributed by atoms with Crippen LogP contribution in [0.3, 0.4) is 0 Å². The van der Waals surface area contributed by atoms with Crippen molar-refractivity contribution in [2.24, 2.45) is 5.41 Å². The molecule has 0 saturated carbocycles. The van der Waals surface area contributed by atoms with Crippen LogP contribution in [0.1, 0.15) is 38.2 Å². The SMILES string of the molecule is CC1(C)CC(=O)C2=C(C1)N(CCO)C1C#CC3=C(C=C1C2c1cccc(F)c1)OCO3. The number of halogens is 1. The summed E-state index contributed by atoms with van der Waals surface area (Å²) in [6.07, 6.45) is 2.98. The van der Waals surface area contributed by atoms with Crippen molar-refractivity contribution < 1.29 is 23.8 Å². The van der Waals surface area contributed by atoms with E-state index in [1.807, 2.05) is 17.0 Å². The van der Waals surface area contributed by atoms with Gasteiger partial charge in [-0.1, -0.05) is 31.9 Å². The Morgan fingerprint density at radius 2 is 2.13 bits per heavy atom. The first-order chi connectivity index (χ1) is 14.9. The van der Waals surface area contributed by atoms with E-state index in [0.717, 1.165) is 11.3 Å². The predicted molar refractivity (Wildman–Crippen MR) is 112 cm³/mol. The molecule has 0 saturated heterocycles. The first-order valence-corrected chi connectivity index (χ1v) is 10.5. The highest BCUT2D eigenvalue weighted by Gasteiger charge is 2.46. The Morgan fingerprint density at radius 3 is 2.90 bits per heavy atom. The fourth-order valence-corrected chi connectivity index (χ4v) is 5.07. The van der Waals surface area contributed by atoms with Crippen LogP contribution in [0.2, 0.25) is 0 Å². The molecule has 2 aliphatic heterocycles. The van der Waals surface area contributed by atoms with E-state index in [1.54, 1.807) is 6.07 Å². The van der Waals surface area contributed by atoms with Crippen molar-refractivity contribution in [1.82, 2.24) is 4.90 Å². The number of carbonyl (C=O) groups is 1. The van der Waals surface area contributed by atoms with E-state index >= 15 is 0 Å². The zero-order valence-corrected chi connectivity index (χ0v) is 17.6. The fourth-order valence-electron chi connectivity index (χ4n) is 5.07. The van der Waals surface area contributed by atoms with Gasteiger partial charge in [-0.25, -0.2) is 4.39 Å². The van der Waals surface area contributed by atoms with Gasteiger partial charge in [0.25, 0.3) is 0 Å². The average Bonchev–Trinajstić information content (AvgIpc) is 3.07. The molecule has 1 aromatic rings. The summed E-state index contributed by atoms with van der Waals surface area (Å²) in [5.74, 6) is 6.61. The highest BCUT2D eigenvalue weighted by atomic mass is 19.1. The molecule has 0 aromatic heterocycles. The highest BCUT2D eigenvalue weighted by Crippen LogP contribution is 2.51. The Labute approximate surface area is 180 Å². The topological polar surface area (TPSA) is 59.0 Å². The van der Waals surface area contributed by atoms with Crippen LogP contribution < -0.4 is 0 Å². The monoisotopic (exact) mass is 421 g/mol. The third-order valence-electron chi connectivity index (χ3n) is 6.28. The lowest BCUT2D eigenvalue weighted by molar-refractivity contribution is -0.118. The molecule has 2 aliphatic carbocycles. The van der Waals surface area contributed by atoms with E-state index in [1.165, 1.54) is 12.1 Å². The Hall–Kier alpha value is -3.04. The maximum atomic E-state index is 14.2. The van der Waals surface area contributed by atoms with E-state index in [2.05, 4.69) is 25.7 Å². The number of ketones is 1. The summed E-state index contributed by atoms with van der Waals surface area (Å²) in [4.78, 5) is 15.5. The van der Waals surface area contributed by atoms with Crippen molar-refractivity contribution in [2.75, 3.05) is 19.9 Å². The Bertz CT molecular complexity index is 1120. The summed E-state index contributed by atoms with van der Waals surface area (Å²) in [7, 11) is 0. The number of β-amino-alcohol motifs (C(OH)–C–C–N with tert-alkyl or cyclic N) is 1. The molecule has 6 heteroatoms. The molecule has 0 fully saturated rings. The number of hydrogen-bond donors (Lipinski definition) is 1. The zero-order valence-electron chi connectivity index (χ0n) is 17.6. The first kappa shape index (κ1) is 19.9. The number of fused-ring (bicyclic) bond motifs is 1. The van der Waals surface area contributed by atoms with Crippen LogP contribution in [-0.4, -0.2) is 41.8 Å². The zero-order chi connectivity index (χ0) is 21.8. The number of nitrogens with zero attached hydrogens (tertiary/aromatic N) is 1. The number of allylic oxidation sites excluding steroid dienone is 4. The highest BCUT2D eigenvalue weighted by molar-refractivity contribution is 6.00. The van der Waals surface area contributed by atoms with Gasteiger partial charge in [0.05, 0.1) is 6.61 Å². The Kier molecular flexibility index (Phi) is 4.67. The summed E-state index contributed by atoms with van der Waals surface area (Å²) in [6, 6.07) is 6.03. The second-order valence-electron chi connectivity index (χ2n) is 9.12. The van der Waals surface area contributed by atoms with Crippen molar-refractivity contribution in [2.45, 2.75) is 38.6 Å². The van der Waals surface area contributed by atoms with Crippen LogP contribution in [-0.2, 0) is 14.3 Å². The number of carbonyl (C=O) groups excluding carboxylic acids is 1. The molecule has 0 amide bonds. The van der Waals surface area contributed by atoms with Gasteiger partial charge in [0.2, 0.25) is 12.6 Å². The van der Waals surface area contributed by atoms with Gasteiger partial charge in [-0.05, 0) is 47.1 Å². The number of benzene rings is 1. The molecule has 0 spiro atoms. The molecule has 1 N–H and O–H groups in total. The summed E-state index contributed by atoms with van der Waals surface area (Å²) >= 11 is 0. The van der Waals surface area contributed by atoms with Gasteiger partial charge in [-0.2, -0.15) is 0 Å². The van der Waals surface area contributed by atoms with E-state index in [4.69, 9.17) is 9.47 Å². The quantitative estimate of drug-likeness (QED) is 0.759. The molecule has 160 valence electrons. The number of hydrogen-bond acceptors (Lipinski definition) is 5. The molecule has 31 heavy (non-hydrogen) atoms. The van der Waals surface area contributed by atoms with Crippen molar-refractivity contribution in [3.05, 3.63) is 70.1 Å². The van der Waals surface area contributed by atoms with Gasteiger partial charge in [-0.3, -0.25) is 4.79 Å². The number of ether oxygens (including phenoxy) is 2. The Balaban J connectivity index is 1.77. The van der Waals surface area contributed by atoms with Gasteiger partial charge >= 0.3 is 0 Å². The van der Waals surface area contributed by atoms with Crippen molar-refractivity contribution in [3.8, 4) is 11.8 Å².